The van der Waals surface area contributed by atoms with Crippen molar-refractivity contribution >= 4 is 23.0 Å². The van der Waals surface area contributed by atoms with Gasteiger partial charge >= 0.3 is 0 Å². The van der Waals surface area contributed by atoms with Crippen LogP contribution in [-0.2, 0) is 0 Å². The molecule has 21 heavy (non-hydrogen) atoms. The van der Waals surface area contributed by atoms with Crippen molar-refractivity contribution < 1.29 is 8.78 Å². The predicted molar refractivity (Wildman–Crippen MR) is 84.1 cm³/mol. The Morgan fingerprint density at radius 3 is 2.71 bits per heavy atom. The van der Waals surface area contributed by atoms with Gasteiger partial charge < -0.3 is 10.6 Å². The van der Waals surface area contributed by atoms with Crippen LogP contribution >= 0.6 is 12.2 Å². The van der Waals surface area contributed by atoms with Crippen molar-refractivity contribution in [3.63, 3.8) is 0 Å². The third-order valence-electron chi connectivity index (χ3n) is 4.97. The van der Waals surface area contributed by atoms with E-state index in [-0.39, 0.29) is 11.7 Å². The number of benzene rings is 1. The number of fused-ring (bicyclic) bond motifs is 2. The Morgan fingerprint density at radius 1 is 1.29 bits per heavy atom. The van der Waals surface area contributed by atoms with Crippen LogP contribution in [0.5, 0.6) is 0 Å². The van der Waals surface area contributed by atoms with E-state index in [0.717, 1.165) is 17.9 Å². The molecule has 0 radical (unpaired) electrons. The van der Waals surface area contributed by atoms with E-state index in [1.807, 2.05) is 0 Å². The molecule has 2 aliphatic carbocycles. The maximum absolute atomic E-state index is 13.6. The number of hydrogen-bond donors (Lipinski definition) is 2. The number of hydrogen-bond acceptors (Lipinski definition) is 1. The van der Waals surface area contributed by atoms with Crippen LogP contribution in [0.3, 0.4) is 0 Å². The highest BCUT2D eigenvalue weighted by atomic mass is 32.1. The van der Waals surface area contributed by atoms with E-state index >= 15 is 0 Å². The molecule has 0 amide bonds. The van der Waals surface area contributed by atoms with Gasteiger partial charge in [0.05, 0.1) is 5.69 Å². The molecule has 3 rings (SSSR count). The SMILES string of the molecule is CC(NC(=S)Nc1ccc(F)cc1F)C1CC2CCC1C2. The van der Waals surface area contributed by atoms with Crippen LogP contribution in [0.25, 0.3) is 0 Å². The molecule has 2 nitrogen and oxygen atoms in total. The summed E-state index contributed by atoms with van der Waals surface area (Å²) in [6.45, 7) is 2.14. The molecular formula is C16H20F2N2S. The lowest BCUT2D eigenvalue weighted by Gasteiger charge is -2.29. The second-order valence-electron chi connectivity index (χ2n) is 6.35. The summed E-state index contributed by atoms with van der Waals surface area (Å²) in [6, 6.07) is 3.71. The molecule has 0 aromatic heterocycles. The highest BCUT2D eigenvalue weighted by Gasteiger charge is 2.41. The summed E-state index contributed by atoms with van der Waals surface area (Å²) in [4.78, 5) is 0. The second-order valence-corrected chi connectivity index (χ2v) is 6.76. The number of thiocarbonyl (C=S) groups is 1. The maximum Gasteiger partial charge on any atom is 0.171 e. The molecule has 1 aromatic carbocycles. The Labute approximate surface area is 129 Å². The Morgan fingerprint density at radius 2 is 2.10 bits per heavy atom. The van der Waals surface area contributed by atoms with Crippen molar-refractivity contribution in [2.45, 2.75) is 38.6 Å². The number of halogens is 2. The first kappa shape index (κ1) is 14.7. The first-order valence-electron chi connectivity index (χ1n) is 7.55. The summed E-state index contributed by atoms with van der Waals surface area (Å²) in [7, 11) is 0. The summed E-state index contributed by atoms with van der Waals surface area (Å²) in [5.74, 6) is 1.13. The molecule has 0 spiro atoms. The molecule has 2 N–H and O–H groups in total. The van der Waals surface area contributed by atoms with Gasteiger partial charge in [0.1, 0.15) is 11.6 Å². The van der Waals surface area contributed by atoms with E-state index in [1.165, 1.54) is 37.8 Å². The molecule has 2 aliphatic rings. The quantitative estimate of drug-likeness (QED) is 0.823. The van der Waals surface area contributed by atoms with Gasteiger partial charge in [-0.3, -0.25) is 0 Å². The van der Waals surface area contributed by atoms with Crippen molar-refractivity contribution in [1.29, 1.82) is 0 Å². The van der Waals surface area contributed by atoms with E-state index in [9.17, 15) is 8.78 Å². The van der Waals surface area contributed by atoms with Gasteiger partial charge in [-0.25, -0.2) is 8.78 Å². The van der Waals surface area contributed by atoms with Crippen LogP contribution < -0.4 is 10.6 Å². The summed E-state index contributed by atoms with van der Waals surface area (Å²) >= 11 is 5.24. The molecule has 0 saturated heterocycles. The van der Waals surface area contributed by atoms with Crippen molar-refractivity contribution in [3.8, 4) is 0 Å². The number of anilines is 1. The number of nitrogens with one attached hydrogen (secondary N) is 2. The van der Waals surface area contributed by atoms with Gasteiger partial charge in [0, 0.05) is 12.1 Å². The van der Waals surface area contributed by atoms with Crippen molar-refractivity contribution in [1.82, 2.24) is 5.32 Å². The van der Waals surface area contributed by atoms with Crippen LogP contribution in [0.4, 0.5) is 14.5 Å². The van der Waals surface area contributed by atoms with Crippen LogP contribution in [0.15, 0.2) is 18.2 Å². The fourth-order valence-corrected chi connectivity index (χ4v) is 4.27. The van der Waals surface area contributed by atoms with E-state index in [0.29, 0.717) is 11.0 Å². The zero-order valence-electron chi connectivity index (χ0n) is 12.0. The van der Waals surface area contributed by atoms with Crippen molar-refractivity contribution in [2.75, 3.05) is 5.32 Å². The van der Waals surface area contributed by atoms with Gasteiger partial charge in [-0.2, -0.15) is 0 Å². The summed E-state index contributed by atoms with van der Waals surface area (Å²) in [5.41, 5.74) is 0.203. The zero-order valence-corrected chi connectivity index (χ0v) is 12.9. The van der Waals surface area contributed by atoms with Crippen LogP contribution in [0, 0.1) is 29.4 Å². The minimum atomic E-state index is -0.633. The van der Waals surface area contributed by atoms with Crippen molar-refractivity contribution in [3.05, 3.63) is 29.8 Å². The largest absolute Gasteiger partial charge is 0.360 e. The van der Waals surface area contributed by atoms with Crippen LogP contribution in [0.2, 0.25) is 0 Å². The molecule has 1 aromatic rings. The monoisotopic (exact) mass is 310 g/mol. The Kier molecular flexibility index (Phi) is 4.11. The lowest BCUT2D eigenvalue weighted by Crippen LogP contribution is -2.42. The van der Waals surface area contributed by atoms with Gasteiger partial charge in [0.2, 0.25) is 0 Å². The topological polar surface area (TPSA) is 24.1 Å². The minimum Gasteiger partial charge on any atom is -0.360 e. The Balaban J connectivity index is 1.56. The normalized spacial score (nSPS) is 28.4. The molecule has 2 fully saturated rings. The van der Waals surface area contributed by atoms with E-state index < -0.39 is 11.6 Å². The Hall–Kier alpha value is -1.23. The minimum absolute atomic E-state index is 0.203. The Bertz CT molecular complexity index is 549. The molecule has 2 bridgehead atoms. The van der Waals surface area contributed by atoms with E-state index in [2.05, 4.69) is 17.6 Å². The fraction of sp³-hybridized carbons (Fsp3) is 0.562. The lowest BCUT2D eigenvalue weighted by atomic mass is 9.84. The number of rotatable bonds is 3. The molecule has 4 atom stereocenters. The van der Waals surface area contributed by atoms with Gasteiger partial charge in [-0.1, -0.05) is 6.42 Å². The molecule has 5 heteroatoms. The fourth-order valence-electron chi connectivity index (χ4n) is 3.97. The molecule has 0 aliphatic heterocycles. The molecule has 114 valence electrons. The maximum atomic E-state index is 13.6. The van der Waals surface area contributed by atoms with Gasteiger partial charge in [0.15, 0.2) is 5.11 Å². The first-order chi connectivity index (χ1) is 10.0. The second kappa shape index (κ2) is 5.87. The van der Waals surface area contributed by atoms with Gasteiger partial charge in [0.25, 0.3) is 0 Å². The average Bonchev–Trinajstić information content (AvgIpc) is 3.04. The zero-order chi connectivity index (χ0) is 15.0. The highest BCUT2D eigenvalue weighted by Crippen LogP contribution is 2.49. The van der Waals surface area contributed by atoms with Crippen LogP contribution in [-0.4, -0.2) is 11.2 Å². The average molecular weight is 310 g/mol. The van der Waals surface area contributed by atoms with Gasteiger partial charge in [-0.05, 0) is 68.3 Å². The lowest BCUT2D eigenvalue weighted by molar-refractivity contribution is 0.279. The first-order valence-corrected chi connectivity index (χ1v) is 7.96. The molecule has 0 heterocycles. The molecule has 4 unspecified atom stereocenters. The smallest absolute Gasteiger partial charge is 0.171 e. The summed E-state index contributed by atoms with van der Waals surface area (Å²) < 4.78 is 26.5. The van der Waals surface area contributed by atoms with Gasteiger partial charge in [-0.15, -0.1) is 0 Å². The molecular weight excluding hydrogens is 290 g/mol. The third kappa shape index (κ3) is 3.18. The predicted octanol–water partition coefficient (Wildman–Crippen LogP) is 4.08. The highest BCUT2D eigenvalue weighted by molar-refractivity contribution is 7.80. The van der Waals surface area contributed by atoms with E-state index in [4.69, 9.17) is 12.2 Å². The summed E-state index contributed by atoms with van der Waals surface area (Å²) in [6.07, 6.45) is 5.32. The standard InChI is InChI=1S/C16H20F2N2S/c1-9(13-7-10-2-3-11(13)6-10)19-16(21)20-15-5-4-12(17)8-14(15)18/h4-5,8-11,13H,2-3,6-7H2,1H3,(H2,19,20,21). The van der Waals surface area contributed by atoms with Crippen LogP contribution in [0.1, 0.15) is 32.6 Å². The third-order valence-corrected chi connectivity index (χ3v) is 5.19. The van der Waals surface area contributed by atoms with E-state index in [1.54, 1.807) is 0 Å². The molecule has 2 saturated carbocycles. The van der Waals surface area contributed by atoms with Crippen molar-refractivity contribution in [2.24, 2.45) is 17.8 Å². The summed E-state index contributed by atoms with van der Waals surface area (Å²) in [5, 5.41) is 6.47.